The van der Waals surface area contributed by atoms with Gasteiger partial charge in [0.15, 0.2) is 0 Å². The maximum atomic E-state index is 13.6. The van der Waals surface area contributed by atoms with Gasteiger partial charge in [0, 0.05) is 6.54 Å². The molecule has 1 unspecified atom stereocenters. The second-order valence-corrected chi connectivity index (χ2v) is 4.38. The van der Waals surface area contributed by atoms with E-state index >= 15 is 0 Å². The third kappa shape index (κ3) is 2.90. The molecule has 1 heterocycles. The van der Waals surface area contributed by atoms with Gasteiger partial charge in [0.1, 0.15) is 11.9 Å². The molecule has 6 heteroatoms. The highest BCUT2D eigenvalue weighted by Gasteiger charge is 2.34. The lowest BCUT2D eigenvalue weighted by Gasteiger charge is -2.17. The van der Waals surface area contributed by atoms with Crippen LogP contribution in [0.2, 0.25) is 0 Å². The lowest BCUT2D eigenvalue weighted by Crippen LogP contribution is -2.44. The number of carbonyl (C=O) groups is 2. The first-order chi connectivity index (χ1) is 9.13. The smallest absolute Gasteiger partial charge is 0.249 e. The number of amides is 2. The summed E-state index contributed by atoms with van der Waals surface area (Å²) in [6.45, 7) is 0.563. The highest BCUT2D eigenvalue weighted by Crippen LogP contribution is 2.24. The Balaban J connectivity index is 2.06. The van der Waals surface area contributed by atoms with Crippen LogP contribution in [0.1, 0.15) is 6.42 Å². The van der Waals surface area contributed by atoms with Crippen LogP contribution in [0.15, 0.2) is 24.3 Å². The predicted octanol–water partition coefficient (Wildman–Crippen LogP) is 0.267. The van der Waals surface area contributed by atoms with Crippen molar-refractivity contribution in [3.63, 3.8) is 0 Å². The van der Waals surface area contributed by atoms with Crippen LogP contribution in [0.5, 0.6) is 0 Å². The first kappa shape index (κ1) is 13.5. The second kappa shape index (κ2) is 5.79. The molecule has 1 aliphatic heterocycles. The van der Waals surface area contributed by atoms with Gasteiger partial charge in [0.2, 0.25) is 11.8 Å². The van der Waals surface area contributed by atoms with Crippen LogP contribution >= 0.6 is 0 Å². The number of hydrogen-bond donors (Lipinski definition) is 2. The molecule has 2 N–H and O–H groups in total. The summed E-state index contributed by atoms with van der Waals surface area (Å²) in [6, 6.07) is 5.56. The minimum absolute atomic E-state index is 0.156. The Morgan fingerprint density at radius 1 is 1.47 bits per heavy atom. The molecule has 1 fully saturated rings. The predicted molar refractivity (Wildman–Crippen MR) is 69.2 cm³/mol. The minimum atomic E-state index is -0.569. The first-order valence-electron chi connectivity index (χ1n) is 6.13. The molecule has 2 amide bonds. The van der Waals surface area contributed by atoms with Crippen molar-refractivity contribution < 1.29 is 14.0 Å². The molecule has 0 radical (unpaired) electrons. The number of para-hydroxylation sites is 1. The number of nitrogens with zero attached hydrogens (tertiary/aromatic N) is 1. The van der Waals surface area contributed by atoms with Crippen LogP contribution in [0.3, 0.4) is 0 Å². The van der Waals surface area contributed by atoms with Crippen molar-refractivity contribution in [1.29, 1.82) is 0 Å². The lowest BCUT2D eigenvalue weighted by molar-refractivity contribution is -0.125. The van der Waals surface area contributed by atoms with Gasteiger partial charge in [-0.05, 0) is 25.6 Å². The molecule has 1 saturated heterocycles. The topological polar surface area (TPSA) is 61.4 Å². The lowest BCUT2D eigenvalue weighted by atomic mass is 10.2. The maximum absolute atomic E-state index is 13.6. The number of rotatable bonds is 4. The summed E-state index contributed by atoms with van der Waals surface area (Å²) in [6.07, 6.45) is 0.489. The third-order valence-electron chi connectivity index (χ3n) is 3.02. The molecule has 1 aliphatic rings. The summed E-state index contributed by atoms with van der Waals surface area (Å²) in [4.78, 5) is 24.9. The van der Waals surface area contributed by atoms with Gasteiger partial charge in [-0.2, -0.15) is 0 Å². The molecule has 1 aromatic rings. The Kier molecular flexibility index (Phi) is 4.11. The molecule has 0 bridgehead atoms. The molecule has 0 aliphatic carbocycles. The highest BCUT2D eigenvalue weighted by molar-refractivity contribution is 6.01. The van der Waals surface area contributed by atoms with Crippen LogP contribution in [0.25, 0.3) is 0 Å². The van der Waals surface area contributed by atoms with Crippen molar-refractivity contribution in [3.05, 3.63) is 30.1 Å². The molecule has 1 atom stereocenters. The molecule has 5 nitrogen and oxygen atoms in total. The number of carbonyl (C=O) groups excluding carboxylic acids is 2. The summed E-state index contributed by atoms with van der Waals surface area (Å²) in [5.41, 5.74) is 0.262. The number of benzene rings is 1. The minimum Gasteiger partial charge on any atom is -0.343 e. The summed E-state index contributed by atoms with van der Waals surface area (Å²) >= 11 is 0. The zero-order valence-electron chi connectivity index (χ0n) is 10.6. The van der Waals surface area contributed by atoms with Crippen LogP contribution in [-0.4, -0.2) is 38.0 Å². The van der Waals surface area contributed by atoms with Gasteiger partial charge in [-0.15, -0.1) is 0 Å². The van der Waals surface area contributed by atoms with Crippen LogP contribution < -0.4 is 15.5 Å². The zero-order chi connectivity index (χ0) is 13.8. The monoisotopic (exact) mass is 265 g/mol. The Hall–Kier alpha value is -1.95. The van der Waals surface area contributed by atoms with Crippen molar-refractivity contribution in [3.8, 4) is 0 Å². The summed E-state index contributed by atoms with van der Waals surface area (Å²) in [5, 5.41) is 5.34. The largest absolute Gasteiger partial charge is 0.343 e. The molecule has 19 heavy (non-hydrogen) atoms. The second-order valence-electron chi connectivity index (χ2n) is 4.38. The van der Waals surface area contributed by atoms with Gasteiger partial charge < -0.3 is 15.5 Å². The molecule has 0 aromatic heterocycles. The van der Waals surface area contributed by atoms with E-state index in [1.54, 1.807) is 25.2 Å². The van der Waals surface area contributed by atoms with E-state index < -0.39 is 11.9 Å². The van der Waals surface area contributed by atoms with Crippen LogP contribution in [0, 0.1) is 5.82 Å². The number of nitrogens with one attached hydrogen (secondary N) is 2. The average Bonchev–Trinajstić information content (AvgIpc) is 2.72. The van der Waals surface area contributed by atoms with Crippen molar-refractivity contribution in [2.45, 2.75) is 12.5 Å². The van der Waals surface area contributed by atoms with Crippen molar-refractivity contribution >= 4 is 17.5 Å². The van der Waals surface area contributed by atoms with E-state index in [9.17, 15) is 14.0 Å². The standard InChI is InChI=1S/C13H16FN3O2/c1-15-8-12(18)16-10-6-7-17(13(10)19)11-5-3-2-4-9(11)14/h2-5,10,15H,6-8H2,1H3,(H,16,18). The normalized spacial score (nSPS) is 18.7. The van der Waals surface area contributed by atoms with Crippen molar-refractivity contribution in [1.82, 2.24) is 10.6 Å². The summed E-state index contributed by atoms with van der Waals surface area (Å²) in [5.74, 6) is -0.941. The Morgan fingerprint density at radius 2 is 2.21 bits per heavy atom. The van der Waals surface area contributed by atoms with Gasteiger partial charge in [0.05, 0.1) is 12.2 Å². The van der Waals surface area contributed by atoms with E-state index in [-0.39, 0.29) is 24.0 Å². The van der Waals surface area contributed by atoms with Gasteiger partial charge in [-0.1, -0.05) is 12.1 Å². The molecular weight excluding hydrogens is 249 g/mol. The van der Waals surface area contributed by atoms with E-state index in [1.807, 2.05) is 0 Å². The quantitative estimate of drug-likeness (QED) is 0.821. The van der Waals surface area contributed by atoms with Crippen molar-refractivity contribution in [2.75, 3.05) is 25.0 Å². The van der Waals surface area contributed by atoms with E-state index in [4.69, 9.17) is 0 Å². The summed E-state index contributed by atoms with van der Waals surface area (Å²) < 4.78 is 13.6. The molecule has 2 rings (SSSR count). The molecule has 1 aromatic carbocycles. The van der Waals surface area contributed by atoms with E-state index in [1.165, 1.54) is 11.0 Å². The number of hydrogen-bond acceptors (Lipinski definition) is 3. The van der Waals surface area contributed by atoms with E-state index in [0.29, 0.717) is 13.0 Å². The number of likely N-dealkylation sites (N-methyl/N-ethyl adjacent to an activating group) is 1. The highest BCUT2D eigenvalue weighted by atomic mass is 19.1. The fourth-order valence-electron chi connectivity index (χ4n) is 2.13. The average molecular weight is 265 g/mol. The summed E-state index contributed by atoms with van der Waals surface area (Å²) in [7, 11) is 1.65. The van der Waals surface area contributed by atoms with Crippen LogP contribution in [-0.2, 0) is 9.59 Å². The van der Waals surface area contributed by atoms with Gasteiger partial charge in [0.25, 0.3) is 0 Å². The van der Waals surface area contributed by atoms with Crippen molar-refractivity contribution in [2.24, 2.45) is 0 Å². The maximum Gasteiger partial charge on any atom is 0.249 e. The Bertz CT molecular complexity index is 493. The first-order valence-corrected chi connectivity index (χ1v) is 6.13. The fraction of sp³-hybridized carbons (Fsp3) is 0.385. The molecular formula is C13H16FN3O2. The fourth-order valence-corrected chi connectivity index (χ4v) is 2.13. The number of halogens is 1. The van der Waals surface area contributed by atoms with E-state index in [0.717, 1.165) is 0 Å². The zero-order valence-corrected chi connectivity index (χ0v) is 10.6. The van der Waals surface area contributed by atoms with Gasteiger partial charge >= 0.3 is 0 Å². The number of anilines is 1. The van der Waals surface area contributed by atoms with Gasteiger partial charge in [-0.3, -0.25) is 9.59 Å². The molecule has 0 saturated carbocycles. The Labute approximate surface area is 110 Å². The third-order valence-corrected chi connectivity index (χ3v) is 3.02. The SMILES string of the molecule is CNCC(=O)NC1CCN(c2ccccc2F)C1=O. The van der Waals surface area contributed by atoms with E-state index in [2.05, 4.69) is 10.6 Å². The van der Waals surface area contributed by atoms with Crippen LogP contribution in [0.4, 0.5) is 10.1 Å². The molecule has 102 valence electrons. The molecule has 0 spiro atoms. The van der Waals surface area contributed by atoms with Gasteiger partial charge in [-0.25, -0.2) is 4.39 Å². The Morgan fingerprint density at radius 3 is 2.89 bits per heavy atom.